The number of rotatable bonds is 8. The summed E-state index contributed by atoms with van der Waals surface area (Å²) in [5.74, 6) is -0.284. The van der Waals surface area contributed by atoms with Crippen LogP contribution in [0, 0.1) is 5.92 Å². The summed E-state index contributed by atoms with van der Waals surface area (Å²) in [5.41, 5.74) is 5.80. The van der Waals surface area contributed by atoms with Crippen LogP contribution in [-0.2, 0) is 16.1 Å². The first-order chi connectivity index (χ1) is 12.4. The zero-order chi connectivity index (χ0) is 19.1. The van der Waals surface area contributed by atoms with Gasteiger partial charge in [0.1, 0.15) is 0 Å². The highest BCUT2D eigenvalue weighted by atomic mass is 35.5. The van der Waals surface area contributed by atoms with Crippen LogP contribution in [0.5, 0.6) is 0 Å². The molecule has 1 fully saturated rings. The number of likely N-dealkylation sites (N-methyl/N-ethyl adjacent to an activating group) is 1. The summed E-state index contributed by atoms with van der Waals surface area (Å²) in [6, 6.07) is 1.57. The van der Waals surface area contributed by atoms with E-state index in [0.29, 0.717) is 0 Å². The second-order valence-corrected chi connectivity index (χ2v) is 7.33. The van der Waals surface area contributed by atoms with Crippen molar-refractivity contribution in [1.29, 1.82) is 0 Å². The van der Waals surface area contributed by atoms with E-state index in [2.05, 4.69) is 15.3 Å². The Balaban J connectivity index is 0. The molecule has 1 aliphatic heterocycles. The number of amides is 2. The van der Waals surface area contributed by atoms with E-state index in [9.17, 15) is 9.59 Å². The lowest BCUT2D eigenvalue weighted by molar-refractivity contribution is -0.134. The van der Waals surface area contributed by atoms with E-state index in [0.717, 1.165) is 39.0 Å². The van der Waals surface area contributed by atoms with Gasteiger partial charge < -0.3 is 20.9 Å². The van der Waals surface area contributed by atoms with E-state index in [1.807, 2.05) is 37.8 Å². The number of aromatic nitrogens is 2. The number of nitrogens with one attached hydrogen (secondary N) is 1. The van der Waals surface area contributed by atoms with Crippen LogP contribution in [0.4, 0.5) is 0 Å². The minimum Gasteiger partial charge on any atom is -0.346 e. The van der Waals surface area contributed by atoms with Gasteiger partial charge in [-0.1, -0.05) is 13.8 Å². The molecule has 0 radical (unpaired) electrons. The van der Waals surface area contributed by atoms with Crippen molar-refractivity contribution >= 4 is 49.0 Å². The van der Waals surface area contributed by atoms with Crippen molar-refractivity contribution in [3.63, 3.8) is 0 Å². The SMILES string of the molecule is CC(C)[C@H](N)C(=O)NCC(=O)N(C)C1CCN(CCn2cccn2)CC1.Cl.Cl.Cl. The Morgan fingerprint density at radius 2 is 1.83 bits per heavy atom. The van der Waals surface area contributed by atoms with Crippen LogP contribution in [0.15, 0.2) is 18.5 Å². The first-order valence-corrected chi connectivity index (χ1v) is 9.37. The topological polar surface area (TPSA) is 96.5 Å². The minimum atomic E-state index is -0.578. The number of piperidine rings is 1. The quantitative estimate of drug-likeness (QED) is 0.591. The van der Waals surface area contributed by atoms with Gasteiger partial charge in [-0.25, -0.2) is 0 Å². The van der Waals surface area contributed by atoms with Gasteiger partial charge in [0.25, 0.3) is 0 Å². The molecule has 0 aromatic carbocycles. The number of nitrogens with zero attached hydrogens (tertiary/aromatic N) is 4. The van der Waals surface area contributed by atoms with Gasteiger partial charge in [0.05, 0.1) is 19.1 Å². The average molecular weight is 474 g/mol. The molecule has 2 heterocycles. The molecule has 2 rings (SSSR count). The summed E-state index contributed by atoms with van der Waals surface area (Å²) < 4.78 is 1.94. The van der Waals surface area contributed by atoms with Crippen molar-refractivity contribution in [1.82, 2.24) is 24.9 Å². The van der Waals surface area contributed by atoms with Gasteiger partial charge in [0, 0.05) is 45.1 Å². The molecule has 0 bridgehead atoms. The molecule has 170 valence electrons. The molecule has 1 atom stereocenters. The van der Waals surface area contributed by atoms with Crippen LogP contribution in [0.3, 0.4) is 0 Å². The summed E-state index contributed by atoms with van der Waals surface area (Å²) in [7, 11) is 1.82. The molecular weight excluding hydrogens is 439 g/mol. The third-order valence-electron chi connectivity index (χ3n) is 5.14. The number of likely N-dealkylation sites (tertiary alicyclic amines) is 1. The molecule has 1 aromatic heterocycles. The van der Waals surface area contributed by atoms with Crippen molar-refractivity contribution in [3.05, 3.63) is 18.5 Å². The number of hydrogen-bond donors (Lipinski definition) is 2. The van der Waals surface area contributed by atoms with Crippen LogP contribution >= 0.6 is 37.2 Å². The van der Waals surface area contributed by atoms with Gasteiger partial charge in [-0.05, 0) is 24.8 Å². The molecule has 0 unspecified atom stereocenters. The maximum atomic E-state index is 12.3. The van der Waals surface area contributed by atoms with Crippen molar-refractivity contribution in [2.24, 2.45) is 11.7 Å². The summed E-state index contributed by atoms with van der Waals surface area (Å²) in [5, 5.41) is 6.87. The number of nitrogens with two attached hydrogens (primary N) is 1. The molecular formula is C18H35Cl3N6O2. The van der Waals surface area contributed by atoms with E-state index in [1.54, 1.807) is 11.1 Å². The Morgan fingerprint density at radius 3 is 2.34 bits per heavy atom. The molecule has 0 aliphatic carbocycles. The molecule has 29 heavy (non-hydrogen) atoms. The molecule has 3 N–H and O–H groups in total. The molecule has 8 nitrogen and oxygen atoms in total. The predicted octanol–water partition coefficient (Wildman–Crippen LogP) is 1.17. The molecule has 1 aromatic rings. The van der Waals surface area contributed by atoms with Crippen LogP contribution in [0.25, 0.3) is 0 Å². The Bertz CT molecular complexity index is 580. The lowest BCUT2D eigenvalue weighted by Gasteiger charge is -2.36. The molecule has 0 spiro atoms. The second kappa shape index (κ2) is 14.8. The lowest BCUT2D eigenvalue weighted by atomic mass is 10.0. The zero-order valence-corrected chi connectivity index (χ0v) is 19.8. The number of carbonyl (C=O) groups is 2. The van der Waals surface area contributed by atoms with E-state index < -0.39 is 6.04 Å². The minimum absolute atomic E-state index is 0. The van der Waals surface area contributed by atoms with Crippen molar-refractivity contribution in [2.75, 3.05) is 33.2 Å². The summed E-state index contributed by atoms with van der Waals surface area (Å²) in [4.78, 5) is 28.4. The van der Waals surface area contributed by atoms with Crippen LogP contribution in [0.2, 0.25) is 0 Å². The Labute approximate surface area is 192 Å². The highest BCUT2D eigenvalue weighted by Gasteiger charge is 2.26. The van der Waals surface area contributed by atoms with Gasteiger partial charge in [-0.2, -0.15) is 5.10 Å². The van der Waals surface area contributed by atoms with Gasteiger partial charge in [0.15, 0.2) is 0 Å². The van der Waals surface area contributed by atoms with Crippen LogP contribution < -0.4 is 11.1 Å². The summed E-state index contributed by atoms with van der Waals surface area (Å²) in [6.07, 6.45) is 5.65. The Kier molecular flexibility index (Phi) is 15.4. The lowest BCUT2D eigenvalue weighted by Crippen LogP contribution is -2.51. The summed E-state index contributed by atoms with van der Waals surface area (Å²) >= 11 is 0. The monoisotopic (exact) mass is 472 g/mol. The fraction of sp³-hybridized carbons (Fsp3) is 0.722. The largest absolute Gasteiger partial charge is 0.346 e. The maximum absolute atomic E-state index is 12.3. The predicted molar refractivity (Wildman–Crippen MR) is 122 cm³/mol. The third kappa shape index (κ3) is 9.53. The molecule has 0 saturated carbocycles. The van der Waals surface area contributed by atoms with E-state index in [-0.39, 0.29) is 67.5 Å². The number of halogens is 3. The van der Waals surface area contributed by atoms with Crippen molar-refractivity contribution in [2.45, 2.75) is 45.3 Å². The van der Waals surface area contributed by atoms with E-state index in [1.165, 1.54) is 0 Å². The Hall–Kier alpha value is -1.06. The normalized spacial score (nSPS) is 15.5. The third-order valence-corrected chi connectivity index (χ3v) is 5.14. The highest BCUT2D eigenvalue weighted by molar-refractivity contribution is 5.87. The van der Waals surface area contributed by atoms with E-state index in [4.69, 9.17) is 5.73 Å². The van der Waals surface area contributed by atoms with Crippen molar-refractivity contribution < 1.29 is 9.59 Å². The fourth-order valence-corrected chi connectivity index (χ4v) is 3.12. The van der Waals surface area contributed by atoms with Crippen molar-refractivity contribution in [3.8, 4) is 0 Å². The standard InChI is InChI=1S/C18H32N6O2.3ClH/c1-14(2)17(19)18(26)20-13-16(25)22(3)15-5-9-23(10-6-15)11-12-24-8-4-7-21-24;;;/h4,7-8,14-15,17H,5-6,9-13,19H2,1-3H3,(H,20,26);3*1H/t17-;;;/m0.../s1. The number of hydrogen-bond acceptors (Lipinski definition) is 5. The van der Waals surface area contributed by atoms with Gasteiger partial charge in [-0.15, -0.1) is 37.2 Å². The first-order valence-electron chi connectivity index (χ1n) is 9.37. The average Bonchev–Trinajstić information content (AvgIpc) is 3.16. The number of carbonyl (C=O) groups excluding carboxylic acids is 2. The van der Waals surface area contributed by atoms with Crippen LogP contribution in [0.1, 0.15) is 26.7 Å². The fourth-order valence-electron chi connectivity index (χ4n) is 3.12. The zero-order valence-electron chi connectivity index (χ0n) is 17.3. The summed E-state index contributed by atoms with van der Waals surface area (Å²) in [6.45, 7) is 7.57. The smallest absolute Gasteiger partial charge is 0.241 e. The first kappa shape index (κ1) is 30.1. The van der Waals surface area contributed by atoms with Crippen LogP contribution in [-0.4, -0.2) is 76.7 Å². The van der Waals surface area contributed by atoms with E-state index >= 15 is 0 Å². The second-order valence-electron chi connectivity index (χ2n) is 7.33. The van der Waals surface area contributed by atoms with Gasteiger partial charge >= 0.3 is 0 Å². The molecule has 2 amide bonds. The molecule has 1 saturated heterocycles. The maximum Gasteiger partial charge on any atom is 0.241 e. The van der Waals surface area contributed by atoms with Gasteiger partial charge in [0.2, 0.25) is 11.8 Å². The Morgan fingerprint density at radius 1 is 1.21 bits per heavy atom. The molecule has 1 aliphatic rings. The highest BCUT2D eigenvalue weighted by Crippen LogP contribution is 2.15. The van der Waals surface area contributed by atoms with Gasteiger partial charge in [-0.3, -0.25) is 14.3 Å². The molecule has 11 heteroatoms.